The largest absolute Gasteiger partial charge is 0.519 e. The molecule has 0 spiro atoms. The molecule has 2 heterocycles. The van der Waals surface area contributed by atoms with Crippen LogP contribution >= 0.6 is 0 Å². The quantitative estimate of drug-likeness (QED) is 0.258. The number of nitro groups is 2. The van der Waals surface area contributed by atoms with Crippen LogP contribution in [-0.2, 0) is 20.3 Å². The first-order valence-electron chi connectivity index (χ1n) is 10.7. The number of rotatable bonds is 6. The lowest BCUT2D eigenvalue weighted by Gasteiger charge is -2.25. The third-order valence-corrected chi connectivity index (χ3v) is 6.47. The molecule has 0 aliphatic carbocycles. The number of nitrogens with zero attached hydrogens (tertiary/aromatic N) is 2. The molecule has 0 N–H and O–H groups in total. The van der Waals surface area contributed by atoms with Crippen molar-refractivity contribution in [1.82, 2.24) is 0 Å². The predicted molar refractivity (Wildman–Crippen MR) is 118 cm³/mol. The summed E-state index contributed by atoms with van der Waals surface area (Å²) in [5, 5.41) is 22.6. The maximum absolute atomic E-state index is 12.8. The van der Waals surface area contributed by atoms with Gasteiger partial charge in [-0.2, -0.15) is 0 Å². The fraction of sp³-hybridized carbons (Fsp3) is 0.435. The monoisotopic (exact) mass is 472 g/mol. The van der Waals surface area contributed by atoms with Crippen molar-refractivity contribution in [3.63, 3.8) is 0 Å². The first kappa shape index (κ1) is 23.6. The second-order valence-electron chi connectivity index (χ2n) is 9.06. The van der Waals surface area contributed by atoms with Crippen molar-refractivity contribution in [3.8, 4) is 11.5 Å². The van der Waals surface area contributed by atoms with Gasteiger partial charge >= 0.3 is 6.16 Å². The smallest absolute Gasteiger partial charge is 0.394 e. The first-order chi connectivity index (χ1) is 16.1. The zero-order valence-corrected chi connectivity index (χ0v) is 18.8. The van der Waals surface area contributed by atoms with E-state index in [-0.39, 0.29) is 22.9 Å². The highest BCUT2D eigenvalue weighted by Crippen LogP contribution is 2.42. The average Bonchev–Trinajstić information content (AvgIpc) is 3.43. The first-order valence-corrected chi connectivity index (χ1v) is 10.7. The van der Waals surface area contributed by atoms with Crippen LogP contribution in [0.4, 0.5) is 16.2 Å². The number of hydrogen-bond acceptors (Lipinski definition) is 9. The van der Waals surface area contributed by atoms with Gasteiger partial charge in [0.25, 0.3) is 11.4 Å². The minimum atomic E-state index is -1.06. The summed E-state index contributed by atoms with van der Waals surface area (Å²) >= 11 is 0. The SMILES string of the molecule is CC1(c2cc([N+](=O)[O-])ccc2OC(=O)Oc2ccc([N+](=O)[O-])cc2C2(C)CCOC2)CCOC1. The van der Waals surface area contributed by atoms with Gasteiger partial charge in [0, 0.05) is 59.4 Å². The zero-order valence-electron chi connectivity index (χ0n) is 18.8. The molecule has 4 rings (SSSR count). The molecule has 180 valence electrons. The summed E-state index contributed by atoms with van der Waals surface area (Å²) in [6, 6.07) is 7.98. The van der Waals surface area contributed by atoms with E-state index in [2.05, 4.69) is 0 Å². The molecular weight excluding hydrogens is 448 g/mol. The van der Waals surface area contributed by atoms with Crippen LogP contribution in [0.15, 0.2) is 36.4 Å². The van der Waals surface area contributed by atoms with E-state index >= 15 is 0 Å². The van der Waals surface area contributed by atoms with Gasteiger partial charge in [0.15, 0.2) is 0 Å². The summed E-state index contributed by atoms with van der Waals surface area (Å²) in [4.78, 5) is 34.4. The van der Waals surface area contributed by atoms with Crippen molar-refractivity contribution < 1.29 is 33.6 Å². The highest BCUT2D eigenvalue weighted by Gasteiger charge is 2.38. The summed E-state index contributed by atoms with van der Waals surface area (Å²) in [7, 11) is 0. The fourth-order valence-electron chi connectivity index (χ4n) is 4.34. The van der Waals surface area contributed by atoms with Crippen molar-refractivity contribution >= 4 is 17.5 Å². The molecule has 2 aromatic carbocycles. The number of nitro benzene ring substituents is 2. The van der Waals surface area contributed by atoms with E-state index < -0.39 is 26.8 Å². The van der Waals surface area contributed by atoms with Crippen molar-refractivity contribution in [1.29, 1.82) is 0 Å². The number of non-ortho nitro benzene ring substituents is 2. The molecule has 0 amide bonds. The topological polar surface area (TPSA) is 140 Å². The average molecular weight is 472 g/mol. The molecule has 11 heteroatoms. The molecule has 2 fully saturated rings. The summed E-state index contributed by atoms with van der Waals surface area (Å²) in [6.07, 6.45) is 0.143. The van der Waals surface area contributed by atoms with Crippen LogP contribution in [0.2, 0.25) is 0 Å². The molecule has 0 saturated carbocycles. The Labute approximate surface area is 194 Å². The van der Waals surface area contributed by atoms with E-state index in [4.69, 9.17) is 18.9 Å². The maximum Gasteiger partial charge on any atom is 0.519 e. The summed E-state index contributed by atoms with van der Waals surface area (Å²) in [6.45, 7) is 5.37. The Balaban J connectivity index is 1.64. The van der Waals surface area contributed by atoms with E-state index in [1.165, 1.54) is 36.4 Å². The molecule has 0 radical (unpaired) electrons. The standard InChI is InChI=1S/C23H24N2O9/c1-22(7-9-31-13-22)17-11-15(24(27)28)3-5-19(17)33-21(26)34-20-6-4-16(25(29)30)12-18(20)23(2)8-10-32-14-23/h3-6,11-12H,7-10,13-14H2,1-2H3. The molecule has 2 saturated heterocycles. The molecule has 2 aromatic rings. The molecule has 0 aromatic heterocycles. The van der Waals surface area contributed by atoms with Gasteiger partial charge in [-0.1, -0.05) is 13.8 Å². The van der Waals surface area contributed by atoms with Gasteiger partial charge in [-0.3, -0.25) is 20.2 Å². The van der Waals surface area contributed by atoms with Crippen LogP contribution < -0.4 is 9.47 Å². The van der Waals surface area contributed by atoms with Gasteiger partial charge in [0.05, 0.1) is 23.1 Å². The van der Waals surface area contributed by atoms with E-state index in [1.54, 1.807) is 0 Å². The molecule has 11 nitrogen and oxygen atoms in total. The molecule has 2 unspecified atom stereocenters. The van der Waals surface area contributed by atoms with Crippen molar-refractivity contribution in [2.24, 2.45) is 0 Å². The Kier molecular flexibility index (Phi) is 6.24. The number of benzene rings is 2. The Morgan fingerprint density at radius 1 is 0.824 bits per heavy atom. The molecule has 2 aliphatic heterocycles. The highest BCUT2D eigenvalue weighted by molar-refractivity contribution is 5.69. The van der Waals surface area contributed by atoms with Gasteiger partial charge in [-0.25, -0.2) is 4.79 Å². The lowest BCUT2D eigenvalue weighted by atomic mass is 9.81. The predicted octanol–water partition coefficient (Wildman–Crippen LogP) is 4.44. The Morgan fingerprint density at radius 3 is 1.56 bits per heavy atom. The van der Waals surface area contributed by atoms with Crippen LogP contribution in [0.1, 0.15) is 37.8 Å². The highest BCUT2D eigenvalue weighted by atomic mass is 16.7. The number of carbonyl (C=O) groups is 1. The van der Waals surface area contributed by atoms with Crippen molar-refractivity contribution in [3.05, 3.63) is 67.8 Å². The normalized spacial score (nSPS) is 24.1. The number of ether oxygens (including phenoxy) is 4. The molecule has 2 aliphatic rings. The van der Waals surface area contributed by atoms with E-state index in [1.807, 2.05) is 13.8 Å². The van der Waals surface area contributed by atoms with E-state index in [0.717, 1.165) is 0 Å². The Hall–Kier alpha value is -3.57. The lowest BCUT2D eigenvalue weighted by Crippen LogP contribution is -2.26. The number of hydrogen-bond donors (Lipinski definition) is 0. The van der Waals surface area contributed by atoms with Crippen LogP contribution in [-0.4, -0.2) is 42.4 Å². The van der Waals surface area contributed by atoms with Gasteiger partial charge in [0.1, 0.15) is 11.5 Å². The van der Waals surface area contributed by atoms with Crippen LogP contribution in [0.25, 0.3) is 0 Å². The summed E-state index contributed by atoms with van der Waals surface area (Å²) < 4.78 is 21.9. The molecule has 2 atom stereocenters. The fourth-order valence-corrected chi connectivity index (χ4v) is 4.34. The Morgan fingerprint density at radius 2 is 1.24 bits per heavy atom. The van der Waals surface area contributed by atoms with E-state index in [0.29, 0.717) is 50.4 Å². The van der Waals surface area contributed by atoms with Gasteiger partial charge in [-0.15, -0.1) is 0 Å². The molecular formula is C23H24N2O9. The van der Waals surface area contributed by atoms with Crippen molar-refractivity contribution in [2.75, 3.05) is 26.4 Å². The maximum atomic E-state index is 12.8. The number of carbonyl (C=O) groups excluding carboxylic acids is 1. The molecule has 34 heavy (non-hydrogen) atoms. The van der Waals surface area contributed by atoms with Crippen LogP contribution in [0.3, 0.4) is 0 Å². The van der Waals surface area contributed by atoms with Gasteiger partial charge in [0.2, 0.25) is 0 Å². The van der Waals surface area contributed by atoms with Gasteiger partial charge < -0.3 is 18.9 Å². The zero-order chi connectivity index (χ0) is 24.5. The van der Waals surface area contributed by atoms with E-state index in [9.17, 15) is 25.0 Å². The summed E-state index contributed by atoms with van der Waals surface area (Å²) in [5.74, 6) is 0.255. The summed E-state index contributed by atoms with van der Waals surface area (Å²) in [5.41, 5.74) is -0.470. The minimum Gasteiger partial charge on any atom is -0.394 e. The van der Waals surface area contributed by atoms with Crippen molar-refractivity contribution in [2.45, 2.75) is 37.5 Å². The second-order valence-corrected chi connectivity index (χ2v) is 9.06. The Bertz CT molecular complexity index is 1050. The van der Waals surface area contributed by atoms with Crippen LogP contribution in [0, 0.1) is 20.2 Å². The minimum absolute atomic E-state index is 0.127. The molecule has 0 bridgehead atoms. The lowest BCUT2D eigenvalue weighted by molar-refractivity contribution is -0.385. The third-order valence-electron chi connectivity index (χ3n) is 6.47. The second kappa shape index (κ2) is 8.99. The van der Waals surface area contributed by atoms with Crippen LogP contribution in [0.5, 0.6) is 11.5 Å². The third kappa shape index (κ3) is 4.57. The van der Waals surface area contributed by atoms with Gasteiger partial charge in [-0.05, 0) is 25.0 Å².